The lowest BCUT2D eigenvalue weighted by molar-refractivity contribution is -0.118. The zero-order chi connectivity index (χ0) is 23.0. The van der Waals surface area contributed by atoms with E-state index in [1.807, 2.05) is 0 Å². The third kappa shape index (κ3) is 6.83. The number of nitrogens with zero attached hydrogens (tertiary/aromatic N) is 1. The monoisotopic (exact) mass is 490 g/mol. The van der Waals surface area contributed by atoms with Crippen molar-refractivity contribution in [2.75, 3.05) is 19.0 Å². The van der Waals surface area contributed by atoms with Gasteiger partial charge in [-0.2, -0.15) is 5.26 Å². The molecule has 160 valence electrons. The highest BCUT2D eigenvalue weighted by Crippen LogP contribution is 2.34. The summed E-state index contributed by atoms with van der Waals surface area (Å²) < 4.78 is 24.1. The van der Waals surface area contributed by atoms with E-state index in [1.54, 1.807) is 11.4 Å². The van der Waals surface area contributed by atoms with Crippen LogP contribution in [-0.2, 0) is 9.59 Å². The highest BCUT2D eigenvalue weighted by molar-refractivity contribution is 9.10. The van der Waals surface area contributed by atoms with Crippen molar-refractivity contribution in [2.24, 2.45) is 5.73 Å². The van der Waals surface area contributed by atoms with Crippen LogP contribution in [0.25, 0.3) is 6.08 Å². The Morgan fingerprint density at radius 1 is 1.23 bits per heavy atom. The first-order valence-electron chi connectivity index (χ1n) is 8.51. The van der Waals surface area contributed by atoms with Gasteiger partial charge in [-0.3, -0.25) is 14.9 Å². The smallest absolute Gasteiger partial charge is 0.319 e. The summed E-state index contributed by atoms with van der Waals surface area (Å²) in [6, 6.07) is 8.77. The van der Waals surface area contributed by atoms with Gasteiger partial charge in [0.2, 0.25) is 0 Å². The molecule has 0 unspecified atom stereocenters. The Hall–Kier alpha value is -3.91. The molecule has 0 aliphatic carbocycles. The highest BCUT2D eigenvalue weighted by Gasteiger charge is 2.15. The molecule has 0 aliphatic heterocycles. The minimum Gasteiger partial charge on any atom is -0.493 e. The molecule has 0 fully saturated rings. The number of carbonyl (C=O) groups is 3. The molecule has 4 N–H and O–H groups in total. The summed E-state index contributed by atoms with van der Waals surface area (Å²) in [7, 11) is 1.37. The molecule has 0 heterocycles. The lowest BCUT2D eigenvalue weighted by Gasteiger charge is -2.13. The molecule has 9 nitrogen and oxygen atoms in total. The molecule has 0 aromatic heterocycles. The number of ether oxygens (including phenoxy) is 2. The van der Waals surface area contributed by atoms with E-state index in [0.29, 0.717) is 15.7 Å². The zero-order valence-electron chi connectivity index (χ0n) is 16.1. The van der Waals surface area contributed by atoms with Crippen LogP contribution in [0.15, 0.2) is 46.4 Å². The number of carbonyl (C=O) groups excluding carboxylic acids is 3. The second-order valence-electron chi connectivity index (χ2n) is 5.86. The molecule has 2 aromatic rings. The van der Waals surface area contributed by atoms with Gasteiger partial charge in [-0.05, 0) is 48.0 Å². The fourth-order valence-corrected chi connectivity index (χ4v) is 2.73. The second kappa shape index (κ2) is 10.7. The molecule has 31 heavy (non-hydrogen) atoms. The summed E-state index contributed by atoms with van der Waals surface area (Å²) in [6.07, 6.45) is 1.22. The average molecular weight is 491 g/mol. The minimum atomic E-state index is -1.09. The molecular formula is C20H16BrFN4O5. The molecule has 0 saturated heterocycles. The van der Waals surface area contributed by atoms with Crippen molar-refractivity contribution in [1.29, 1.82) is 5.26 Å². The Bertz CT molecular complexity index is 1080. The first-order valence-corrected chi connectivity index (χ1v) is 9.31. The van der Waals surface area contributed by atoms with Gasteiger partial charge in [0.25, 0.3) is 11.8 Å². The maximum absolute atomic E-state index is 12.9. The largest absolute Gasteiger partial charge is 0.493 e. The summed E-state index contributed by atoms with van der Waals surface area (Å²) in [5, 5.41) is 13.5. The number of hydrogen-bond donors (Lipinski definition) is 3. The first kappa shape index (κ1) is 23.4. The van der Waals surface area contributed by atoms with Crippen LogP contribution >= 0.6 is 15.9 Å². The maximum Gasteiger partial charge on any atom is 0.319 e. The van der Waals surface area contributed by atoms with Crippen LogP contribution in [0.3, 0.4) is 0 Å². The SMILES string of the molecule is COc1cc(/C=C(/C#N)C(=O)NC(N)=O)c(Br)cc1OCC(=O)Nc1ccc(F)cc1. The number of nitriles is 1. The van der Waals surface area contributed by atoms with E-state index in [0.717, 1.165) is 0 Å². The van der Waals surface area contributed by atoms with Crippen molar-refractivity contribution in [3.8, 4) is 17.6 Å². The number of methoxy groups -OCH3 is 1. The zero-order valence-corrected chi connectivity index (χ0v) is 17.7. The second-order valence-corrected chi connectivity index (χ2v) is 6.71. The fourth-order valence-electron chi connectivity index (χ4n) is 2.29. The third-order valence-electron chi connectivity index (χ3n) is 3.67. The molecule has 2 rings (SSSR count). The normalized spacial score (nSPS) is 10.6. The van der Waals surface area contributed by atoms with E-state index < -0.39 is 23.7 Å². The minimum absolute atomic E-state index is 0.209. The van der Waals surface area contributed by atoms with Crippen LogP contribution in [-0.4, -0.2) is 31.6 Å². The topological polar surface area (TPSA) is 144 Å². The van der Waals surface area contributed by atoms with Gasteiger partial charge >= 0.3 is 6.03 Å². The number of benzene rings is 2. The van der Waals surface area contributed by atoms with E-state index in [-0.39, 0.29) is 23.7 Å². The summed E-state index contributed by atoms with van der Waals surface area (Å²) in [5.41, 5.74) is 5.29. The van der Waals surface area contributed by atoms with Gasteiger partial charge in [-0.1, -0.05) is 15.9 Å². The van der Waals surface area contributed by atoms with Crippen molar-refractivity contribution in [2.45, 2.75) is 0 Å². The van der Waals surface area contributed by atoms with Crippen LogP contribution in [0.1, 0.15) is 5.56 Å². The van der Waals surface area contributed by atoms with Crippen molar-refractivity contribution >= 4 is 45.5 Å². The van der Waals surface area contributed by atoms with Crippen LogP contribution < -0.4 is 25.8 Å². The Morgan fingerprint density at radius 3 is 2.48 bits per heavy atom. The van der Waals surface area contributed by atoms with E-state index in [4.69, 9.17) is 20.5 Å². The number of imide groups is 1. The summed E-state index contributed by atoms with van der Waals surface area (Å²) in [4.78, 5) is 34.7. The molecule has 0 saturated carbocycles. The molecular weight excluding hydrogens is 475 g/mol. The van der Waals surface area contributed by atoms with E-state index >= 15 is 0 Å². The first-order chi connectivity index (χ1) is 14.7. The molecule has 0 radical (unpaired) electrons. The van der Waals surface area contributed by atoms with Crippen LogP contribution in [0.4, 0.5) is 14.9 Å². The van der Waals surface area contributed by atoms with Crippen LogP contribution in [0, 0.1) is 17.1 Å². The number of hydrogen-bond acceptors (Lipinski definition) is 6. The number of amides is 4. The molecule has 0 aliphatic rings. The summed E-state index contributed by atoms with van der Waals surface area (Å²) in [5.74, 6) is -1.44. The van der Waals surface area contributed by atoms with Crippen molar-refractivity contribution in [3.63, 3.8) is 0 Å². The number of primary amides is 1. The summed E-state index contributed by atoms with van der Waals surface area (Å²) >= 11 is 3.29. The lowest BCUT2D eigenvalue weighted by Crippen LogP contribution is -2.35. The van der Waals surface area contributed by atoms with Crippen LogP contribution in [0.2, 0.25) is 0 Å². The third-order valence-corrected chi connectivity index (χ3v) is 4.36. The van der Waals surface area contributed by atoms with E-state index in [9.17, 15) is 18.8 Å². The molecule has 4 amide bonds. The van der Waals surface area contributed by atoms with Crippen LogP contribution in [0.5, 0.6) is 11.5 Å². The molecule has 0 bridgehead atoms. The lowest BCUT2D eigenvalue weighted by atomic mass is 10.1. The standard InChI is InChI=1S/C20H16BrFN4O5/c1-30-16-7-11(6-12(9-23)19(28)26-20(24)29)15(21)8-17(16)31-10-18(27)25-14-4-2-13(22)3-5-14/h2-8H,10H2,1H3,(H,25,27)(H3,24,26,28,29)/b12-6-. The highest BCUT2D eigenvalue weighted by atomic mass is 79.9. The van der Waals surface area contributed by atoms with Gasteiger partial charge < -0.3 is 20.5 Å². The van der Waals surface area contributed by atoms with Gasteiger partial charge in [-0.25, -0.2) is 9.18 Å². The van der Waals surface area contributed by atoms with Gasteiger partial charge in [0.05, 0.1) is 7.11 Å². The fraction of sp³-hybridized carbons (Fsp3) is 0.100. The van der Waals surface area contributed by atoms with Gasteiger partial charge in [0.1, 0.15) is 17.5 Å². The number of anilines is 1. The van der Waals surface area contributed by atoms with Crippen molar-refractivity contribution < 1.29 is 28.2 Å². The van der Waals surface area contributed by atoms with Crippen molar-refractivity contribution in [3.05, 3.63) is 57.8 Å². The Balaban J connectivity index is 2.16. The maximum atomic E-state index is 12.9. The van der Waals surface area contributed by atoms with Gasteiger partial charge in [-0.15, -0.1) is 0 Å². The Morgan fingerprint density at radius 2 is 1.90 bits per heavy atom. The molecule has 0 atom stereocenters. The predicted octanol–water partition coefficient (Wildman–Crippen LogP) is 2.72. The Kier molecular flexibility index (Phi) is 8.10. The van der Waals surface area contributed by atoms with E-state index in [1.165, 1.54) is 49.6 Å². The number of nitrogens with two attached hydrogens (primary N) is 1. The van der Waals surface area contributed by atoms with Gasteiger partial charge in [0, 0.05) is 10.2 Å². The van der Waals surface area contributed by atoms with Crippen molar-refractivity contribution in [1.82, 2.24) is 5.32 Å². The molecule has 0 spiro atoms. The molecule has 11 heteroatoms. The number of halogens is 2. The average Bonchev–Trinajstić information content (AvgIpc) is 2.72. The molecule has 2 aromatic carbocycles. The number of rotatable bonds is 7. The summed E-state index contributed by atoms with van der Waals surface area (Å²) in [6.45, 7) is -0.361. The quantitative estimate of drug-likeness (QED) is 0.402. The number of nitrogens with one attached hydrogen (secondary N) is 2. The number of urea groups is 1. The van der Waals surface area contributed by atoms with E-state index in [2.05, 4.69) is 21.2 Å². The Labute approximate surface area is 184 Å². The predicted molar refractivity (Wildman–Crippen MR) is 113 cm³/mol. The van der Waals surface area contributed by atoms with Gasteiger partial charge in [0.15, 0.2) is 18.1 Å².